The fourth-order valence-electron chi connectivity index (χ4n) is 2.30. The van der Waals surface area contributed by atoms with Crippen molar-refractivity contribution in [2.45, 2.75) is 31.3 Å². The van der Waals surface area contributed by atoms with Crippen molar-refractivity contribution in [3.63, 3.8) is 0 Å². The van der Waals surface area contributed by atoms with Gasteiger partial charge in [0.05, 0.1) is 5.60 Å². The summed E-state index contributed by atoms with van der Waals surface area (Å²) in [6.45, 7) is 0.277. The molecule has 1 amide bonds. The van der Waals surface area contributed by atoms with E-state index in [0.717, 1.165) is 25.7 Å². The Kier molecular flexibility index (Phi) is 4.32. The summed E-state index contributed by atoms with van der Waals surface area (Å²) < 4.78 is 12.9. The molecule has 1 aliphatic rings. The van der Waals surface area contributed by atoms with Crippen molar-refractivity contribution in [2.24, 2.45) is 0 Å². The Morgan fingerprint density at radius 2 is 2.16 bits per heavy atom. The van der Waals surface area contributed by atoms with Crippen molar-refractivity contribution >= 4 is 12.0 Å². The SMILES string of the molecule is O=C(C=Cc1cccc(F)c1)NCC1(O)CCCC1. The predicted molar refractivity (Wildman–Crippen MR) is 71.9 cm³/mol. The van der Waals surface area contributed by atoms with E-state index in [-0.39, 0.29) is 18.3 Å². The first-order valence-corrected chi connectivity index (χ1v) is 6.51. The second-order valence-electron chi connectivity index (χ2n) is 5.04. The molecule has 1 fully saturated rings. The maximum atomic E-state index is 12.9. The summed E-state index contributed by atoms with van der Waals surface area (Å²) in [5.74, 6) is -0.604. The van der Waals surface area contributed by atoms with E-state index in [9.17, 15) is 14.3 Å². The first kappa shape index (κ1) is 13.7. The van der Waals surface area contributed by atoms with Crippen molar-refractivity contribution < 1.29 is 14.3 Å². The summed E-state index contributed by atoms with van der Waals surface area (Å²) in [4.78, 5) is 11.6. The number of hydrogen-bond donors (Lipinski definition) is 2. The van der Waals surface area contributed by atoms with Crippen LogP contribution in [0.25, 0.3) is 6.08 Å². The first-order valence-electron chi connectivity index (χ1n) is 6.51. The highest BCUT2D eigenvalue weighted by Gasteiger charge is 2.30. The maximum absolute atomic E-state index is 12.9. The number of halogens is 1. The van der Waals surface area contributed by atoms with Gasteiger partial charge in [0, 0.05) is 12.6 Å². The standard InChI is InChI=1S/C15H18FNO2/c16-13-5-3-4-12(10-13)6-7-14(18)17-11-15(19)8-1-2-9-15/h3-7,10,19H,1-2,8-9,11H2,(H,17,18). The first-order chi connectivity index (χ1) is 9.07. The number of carbonyl (C=O) groups is 1. The Balaban J connectivity index is 1.84. The molecule has 0 unspecified atom stereocenters. The van der Waals surface area contributed by atoms with Crippen LogP contribution in [0.4, 0.5) is 4.39 Å². The van der Waals surface area contributed by atoms with Gasteiger partial charge in [0.15, 0.2) is 0 Å². The summed E-state index contributed by atoms with van der Waals surface area (Å²) in [5.41, 5.74) is -0.114. The Hall–Kier alpha value is -1.68. The molecule has 1 aromatic carbocycles. The lowest BCUT2D eigenvalue weighted by molar-refractivity contribution is -0.117. The second-order valence-corrected chi connectivity index (χ2v) is 5.04. The van der Waals surface area contributed by atoms with E-state index < -0.39 is 5.60 Å². The minimum Gasteiger partial charge on any atom is -0.388 e. The molecule has 2 N–H and O–H groups in total. The molecule has 0 radical (unpaired) electrons. The minimum atomic E-state index is -0.748. The van der Waals surface area contributed by atoms with E-state index in [4.69, 9.17) is 0 Å². The molecule has 0 aliphatic heterocycles. The smallest absolute Gasteiger partial charge is 0.244 e. The van der Waals surface area contributed by atoms with Crippen LogP contribution >= 0.6 is 0 Å². The molecule has 4 heteroatoms. The summed E-state index contributed by atoms with van der Waals surface area (Å²) in [6, 6.07) is 6.02. The molecule has 1 aliphatic carbocycles. The molecule has 0 aromatic heterocycles. The van der Waals surface area contributed by atoms with Crippen LogP contribution in [0.3, 0.4) is 0 Å². The zero-order valence-electron chi connectivity index (χ0n) is 10.7. The Bertz CT molecular complexity index is 479. The van der Waals surface area contributed by atoms with E-state index in [1.54, 1.807) is 18.2 Å². The highest BCUT2D eigenvalue weighted by atomic mass is 19.1. The van der Waals surface area contributed by atoms with Crippen LogP contribution in [0.15, 0.2) is 30.3 Å². The van der Waals surface area contributed by atoms with E-state index in [1.165, 1.54) is 18.2 Å². The van der Waals surface area contributed by atoms with Gasteiger partial charge >= 0.3 is 0 Å². The van der Waals surface area contributed by atoms with Crippen molar-refractivity contribution in [3.8, 4) is 0 Å². The molecular formula is C15H18FNO2. The number of amides is 1. The van der Waals surface area contributed by atoms with Crippen LogP contribution in [0.1, 0.15) is 31.2 Å². The second kappa shape index (κ2) is 5.97. The van der Waals surface area contributed by atoms with Gasteiger partial charge < -0.3 is 10.4 Å². The van der Waals surface area contributed by atoms with Gasteiger partial charge in [0.2, 0.25) is 5.91 Å². The average molecular weight is 263 g/mol. The van der Waals surface area contributed by atoms with Crippen molar-refractivity contribution in [2.75, 3.05) is 6.54 Å². The molecule has 0 heterocycles. The van der Waals surface area contributed by atoms with Gasteiger partial charge in [-0.15, -0.1) is 0 Å². The van der Waals surface area contributed by atoms with E-state index in [1.807, 2.05) is 0 Å². The van der Waals surface area contributed by atoms with E-state index in [2.05, 4.69) is 5.32 Å². The molecule has 2 rings (SSSR count). The van der Waals surface area contributed by atoms with Crippen LogP contribution in [-0.2, 0) is 4.79 Å². The van der Waals surface area contributed by atoms with Gasteiger partial charge in [0.25, 0.3) is 0 Å². The van der Waals surface area contributed by atoms with Crippen LogP contribution in [0.5, 0.6) is 0 Å². The number of rotatable bonds is 4. The van der Waals surface area contributed by atoms with Crippen molar-refractivity contribution in [1.29, 1.82) is 0 Å². The monoisotopic (exact) mass is 263 g/mol. The minimum absolute atomic E-state index is 0.274. The van der Waals surface area contributed by atoms with Crippen molar-refractivity contribution in [3.05, 3.63) is 41.7 Å². The molecule has 0 atom stereocenters. The summed E-state index contributed by atoms with van der Waals surface area (Å²) >= 11 is 0. The summed E-state index contributed by atoms with van der Waals surface area (Å²) in [6.07, 6.45) is 6.39. The Labute approximate surface area is 112 Å². The predicted octanol–water partition coefficient (Wildman–Crippen LogP) is 2.26. The van der Waals surface area contributed by atoms with Crippen LogP contribution in [0, 0.1) is 5.82 Å². The molecule has 19 heavy (non-hydrogen) atoms. The molecule has 0 spiro atoms. The average Bonchev–Trinajstić information content (AvgIpc) is 2.82. The lowest BCUT2D eigenvalue weighted by Crippen LogP contribution is -2.40. The highest BCUT2D eigenvalue weighted by Crippen LogP contribution is 2.28. The van der Waals surface area contributed by atoms with Gasteiger partial charge in [-0.25, -0.2) is 4.39 Å². The van der Waals surface area contributed by atoms with Crippen LogP contribution in [0.2, 0.25) is 0 Å². The summed E-state index contributed by atoms with van der Waals surface area (Å²) in [7, 11) is 0. The molecule has 0 bridgehead atoms. The zero-order chi connectivity index (χ0) is 13.7. The molecule has 0 saturated heterocycles. The zero-order valence-corrected chi connectivity index (χ0v) is 10.7. The fraction of sp³-hybridized carbons (Fsp3) is 0.400. The normalized spacial score (nSPS) is 17.8. The van der Waals surface area contributed by atoms with Gasteiger partial charge in [0.1, 0.15) is 5.82 Å². The maximum Gasteiger partial charge on any atom is 0.244 e. The van der Waals surface area contributed by atoms with Gasteiger partial charge in [-0.05, 0) is 36.6 Å². The third-order valence-electron chi connectivity index (χ3n) is 3.40. The number of hydrogen-bond acceptors (Lipinski definition) is 2. The Morgan fingerprint density at radius 3 is 2.84 bits per heavy atom. The van der Waals surface area contributed by atoms with Gasteiger partial charge in [-0.3, -0.25) is 4.79 Å². The summed E-state index contributed by atoms with van der Waals surface area (Å²) in [5, 5.41) is 12.8. The molecule has 1 aromatic rings. The van der Waals surface area contributed by atoms with Crippen molar-refractivity contribution in [1.82, 2.24) is 5.32 Å². The van der Waals surface area contributed by atoms with E-state index >= 15 is 0 Å². The molecule has 102 valence electrons. The van der Waals surface area contributed by atoms with Crippen LogP contribution in [-0.4, -0.2) is 23.2 Å². The molecule has 1 saturated carbocycles. The number of benzene rings is 1. The lowest BCUT2D eigenvalue weighted by Gasteiger charge is -2.21. The topological polar surface area (TPSA) is 49.3 Å². The van der Waals surface area contributed by atoms with Crippen LogP contribution < -0.4 is 5.32 Å². The third kappa shape index (κ3) is 4.17. The van der Waals surface area contributed by atoms with Gasteiger partial charge in [-0.2, -0.15) is 0 Å². The quantitative estimate of drug-likeness (QED) is 0.819. The fourth-order valence-corrected chi connectivity index (χ4v) is 2.30. The van der Waals surface area contributed by atoms with E-state index in [0.29, 0.717) is 5.56 Å². The largest absolute Gasteiger partial charge is 0.388 e. The number of carbonyl (C=O) groups excluding carboxylic acids is 1. The molecule has 3 nitrogen and oxygen atoms in total. The Morgan fingerprint density at radius 1 is 1.42 bits per heavy atom. The highest BCUT2D eigenvalue weighted by molar-refractivity contribution is 5.91. The molecular weight excluding hydrogens is 245 g/mol. The number of nitrogens with one attached hydrogen (secondary N) is 1. The lowest BCUT2D eigenvalue weighted by atomic mass is 10.0. The third-order valence-corrected chi connectivity index (χ3v) is 3.40. The number of aliphatic hydroxyl groups is 1. The van der Waals surface area contributed by atoms with Gasteiger partial charge in [-0.1, -0.05) is 25.0 Å².